The van der Waals surface area contributed by atoms with Gasteiger partial charge in [-0.25, -0.2) is 0 Å². The third-order valence-corrected chi connectivity index (χ3v) is 2.40. The highest BCUT2D eigenvalue weighted by Crippen LogP contribution is 2.20. The van der Waals surface area contributed by atoms with E-state index in [9.17, 15) is 10.1 Å². The first-order valence-electron chi connectivity index (χ1n) is 4.40. The lowest BCUT2D eigenvalue weighted by Crippen LogP contribution is -2.38. The number of hydrogen-bond donors (Lipinski definition) is 1. The molecule has 4 heteroatoms. The fraction of sp³-hybridized carbons (Fsp3) is 1.00. The molecule has 0 aliphatic carbocycles. The van der Waals surface area contributed by atoms with Crippen LogP contribution in [-0.2, 0) is 0 Å². The second kappa shape index (κ2) is 3.39. The molecule has 1 rings (SSSR count). The maximum atomic E-state index is 10.6. The van der Waals surface area contributed by atoms with E-state index >= 15 is 0 Å². The normalized spacial score (nSPS) is 24.3. The molecule has 0 aromatic heterocycles. The van der Waals surface area contributed by atoms with Crippen molar-refractivity contribution in [2.75, 3.05) is 6.54 Å². The zero-order valence-corrected chi connectivity index (χ0v) is 7.67. The fourth-order valence-electron chi connectivity index (χ4n) is 1.61. The molecule has 70 valence electrons. The molecule has 0 aromatic rings. The van der Waals surface area contributed by atoms with Gasteiger partial charge in [-0.05, 0) is 19.4 Å². The van der Waals surface area contributed by atoms with Crippen LogP contribution in [0.4, 0.5) is 0 Å². The lowest BCUT2D eigenvalue weighted by Gasteiger charge is -2.19. The summed E-state index contributed by atoms with van der Waals surface area (Å²) in [5.74, 6) is 0. The second-order valence-electron chi connectivity index (χ2n) is 4.07. The van der Waals surface area contributed by atoms with Crippen molar-refractivity contribution in [3.63, 3.8) is 0 Å². The highest BCUT2D eigenvalue weighted by molar-refractivity contribution is 4.81. The van der Waals surface area contributed by atoms with Crippen molar-refractivity contribution in [2.45, 2.75) is 44.7 Å². The predicted molar refractivity (Wildman–Crippen MR) is 46.7 cm³/mol. The minimum Gasteiger partial charge on any atom is -0.314 e. The quantitative estimate of drug-likeness (QED) is 0.513. The Morgan fingerprint density at radius 1 is 1.67 bits per heavy atom. The van der Waals surface area contributed by atoms with Gasteiger partial charge in [-0.2, -0.15) is 0 Å². The molecule has 1 aliphatic heterocycles. The van der Waals surface area contributed by atoms with Crippen molar-refractivity contribution in [3.8, 4) is 0 Å². The molecular formula is C8H16N2O2. The van der Waals surface area contributed by atoms with Crippen molar-refractivity contribution in [1.29, 1.82) is 0 Å². The highest BCUT2D eigenvalue weighted by Gasteiger charge is 2.34. The number of rotatable bonds is 3. The minimum atomic E-state index is -0.776. The van der Waals surface area contributed by atoms with Gasteiger partial charge >= 0.3 is 0 Å². The Morgan fingerprint density at radius 2 is 2.33 bits per heavy atom. The van der Waals surface area contributed by atoms with E-state index in [0.29, 0.717) is 12.5 Å². The van der Waals surface area contributed by atoms with Gasteiger partial charge in [0.2, 0.25) is 5.54 Å². The largest absolute Gasteiger partial charge is 0.314 e. The Kier molecular flexibility index (Phi) is 2.67. The first kappa shape index (κ1) is 9.45. The lowest BCUT2D eigenvalue weighted by atomic mass is 9.95. The summed E-state index contributed by atoms with van der Waals surface area (Å²) in [5.41, 5.74) is -0.776. The van der Waals surface area contributed by atoms with Crippen LogP contribution in [0.3, 0.4) is 0 Å². The third-order valence-electron chi connectivity index (χ3n) is 2.40. The van der Waals surface area contributed by atoms with E-state index in [1.165, 1.54) is 0 Å². The number of nitrogens with one attached hydrogen (secondary N) is 1. The van der Waals surface area contributed by atoms with Crippen LogP contribution < -0.4 is 5.32 Å². The van der Waals surface area contributed by atoms with Crippen LogP contribution in [0.5, 0.6) is 0 Å². The van der Waals surface area contributed by atoms with Crippen LogP contribution in [0, 0.1) is 10.1 Å². The van der Waals surface area contributed by atoms with Gasteiger partial charge in [-0.3, -0.25) is 10.1 Å². The van der Waals surface area contributed by atoms with Gasteiger partial charge < -0.3 is 5.32 Å². The van der Waals surface area contributed by atoms with Gasteiger partial charge in [0, 0.05) is 31.2 Å². The number of hydrogen-bond acceptors (Lipinski definition) is 3. The summed E-state index contributed by atoms with van der Waals surface area (Å²) in [4.78, 5) is 10.4. The number of nitrogens with zero attached hydrogens (tertiary/aromatic N) is 1. The Labute approximate surface area is 72.5 Å². The van der Waals surface area contributed by atoms with Crippen LogP contribution in [0.25, 0.3) is 0 Å². The van der Waals surface area contributed by atoms with Gasteiger partial charge in [-0.1, -0.05) is 0 Å². The molecule has 0 aromatic carbocycles. The van der Waals surface area contributed by atoms with E-state index in [-0.39, 0.29) is 4.92 Å². The van der Waals surface area contributed by atoms with Gasteiger partial charge in [0.05, 0.1) is 0 Å². The van der Waals surface area contributed by atoms with Crippen molar-refractivity contribution >= 4 is 0 Å². The molecule has 0 bridgehead atoms. The molecule has 12 heavy (non-hydrogen) atoms. The van der Waals surface area contributed by atoms with Crippen LogP contribution in [0.1, 0.15) is 33.1 Å². The van der Waals surface area contributed by atoms with Gasteiger partial charge in [-0.15, -0.1) is 0 Å². The van der Waals surface area contributed by atoms with Gasteiger partial charge in [0.25, 0.3) is 0 Å². The monoisotopic (exact) mass is 172 g/mol. The molecule has 0 radical (unpaired) electrons. The highest BCUT2D eigenvalue weighted by atomic mass is 16.6. The van der Waals surface area contributed by atoms with Gasteiger partial charge in [0.15, 0.2) is 0 Å². The Hall–Kier alpha value is -0.640. The fourth-order valence-corrected chi connectivity index (χ4v) is 1.61. The van der Waals surface area contributed by atoms with Crippen LogP contribution in [-0.4, -0.2) is 23.0 Å². The first-order chi connectivity index (χ1) is 5.52. The standard InChI is InChI=1S/C8H16N2O2/c1-8(2,10(11)12)6-7-4-3-5-9-7/h7,9H,3-6H2,1-2H3. The summed E-state index contributed by atoms with van der Waals surface area (Å²) < 4.78 is 0. The molecule has 1 atom stereocenters. The molecule has 0 amide bonds. The SMILES string of the molecule is CC(C)(CC1CCCN1)[N+](=O)[O-]. The Balaban J connectivity index is 2.42. The molecule has 1 heterocycles. The summed E-state index contributed by atoms with van der Waals surface area (Å²) in [7, 11) is 0. The molecule has 1 aliphatic rings. The first-order valence-corrected chi connectivity index (χ1v) is 4.40. The second-order valence-corrected chi connectivity index (χ2v) is 4.07. The molecule has 0 spiro atoms. The van der Waals surface area contributed by atoms with E-state index in [1.807, 2.05) is 0 Å². The van der Waals surface area contributed by atoms with Crippen molar-refractivity contribution in [1.82, 2.24) is 5.32 Å². The van der Waals surface area contributed by atoms with E-state index in [1.54, 1.807) is 13.8 Å². The molecule has 1 unspecified atom stereocenters. The van der Waals surface area contributed by atoms with Crippen molar-refractivity contribution in [3.05, 3.63) is 10.1 Å². The van der Waals surface area contributed by atoms with Crippen molar-refractivity contribution in [2.24, 2.45) is 0 Å². The van der Waals surface area contributed by atoms with Crippen molar-refractivity contribution < 1.29 is 4.92 Å². The maximum absolute atomic E-state index is 10.6. The lowest BCUT2D eigenvalue weighted by molar-refractivity contribution is -0.562. The van der Waals surface area contributed by atoms with Crippen LogP contribution in [0.15, 0.2) is 0 Å². The Morgan fingerprint density at radius 3 is 2.75 bits per heavy atom. The van der Waals surface area contributed by atoms with E-state index < -0.39 is 5.54 Å². The zero-order chi connectivity index (χ0) is 9.19. The minimum absolute atomic E-state index is 0.188. The summed E-state index contributed by atoms with van der Waals surface area (Å²) in [5, 5.41) is 13.8. The molecule has 0 saturated carbocycles. The summed E-state index contributed by atoms with van der Waals surface area (Å²) in [6, 6.07) is 0.352. The zero-order valence-electron chi connectivity index (χ0n) is 7.67. The third kappa shape index (κ3) is 2.17. The maximum Gasteiger partial charge on any atom is 0.218 e. The average molecular weight is 172 g/mol. The summed E-state index contributed by atoms with van der Waals surface area (Å²) in [6.45, 7) is 4.39. The van der Waals surface area contributed by atoms with E-state index in [2.05, 4.69) is 5.32 Å². The van der Waals surface area contributed by atoms with Crippen LogP contribution >= 0.6 is 0 Å². The van der Waals surface area contributed by atoms with E-state index in [0.717, 1.165) is 19.4 Å². The van der Waals surface area contributed by atoms with Gasteiger partial charge in [0.1, 0.15) is 0 Å². The van der Waals surface area contributed by atoms with Crippen LogP contribution in [0.2, 0.25) is 0 Å². The topological polar surface area (TPSA) is 55.2 Å². The summed E-state index contributed by atoms with van der Waals surface area (Å²) in [6.07, 6.45) is 2.87. The Bertz CT molecular complexity index is 174. The van der Waals surface area contributed by atoms with E-state index in [4.69, 9.17) is 0 Å². The predicted octanol–water partition coefficient (Wildman–Crippen LogP) is 1.18. The smallest absolute Gasteiger partial charge is 0.218 e. The average Bonchev–Trinajstić information content (AvgIpc) is 2.38. The molecule has 1 N–H and O–H groups in total. The molecule has 4 nitrogen and oxygen atoms in total. The summed E-state index contributed by atoms with van der Waals surface area (Å²) >= 11 is 0. The molecule has 1 fully saturated rings. The number of nitro groups is 1. The molecule has 1 saturated heterocycles. The molecular weight excluding hydrogens is 156 g/mol.